The molecule has 1 unspecified atom stereocenters. The van der Waals surface area contributed by atoms with E-state index in [-0.39, 0.29) is 12.1 Å². The number of rotatable bonds is 1. The number of amides is 1. The Morgan fingerprint density at radius 3 is 2.63 bits per heavy atom. The minimum atomic E-state index is -0.428. The normalized spacial score (nSPS) is 26.3. The maximum Gasteiger partial charge on any atom is 0.410 e. The third-order valence-electron chi connectivity index (χ3n) is 3.72. The van der Waals surface area contributed by atoms with E-state index in [9.17, 15) is 4.79 Å². The first-order valence-electron chi connectivity index (χ1n) is 7.25. The van der Waals surface area contributed by atoms with Crippen LogP contribution < -0.4 is 5.32 Å². The van der Waals surface area contributed by atoms with E-state index in [2.05, 4.69) is 5.32 Å². The monoisotopic (exact) mass is 270 g/mol. The van der Waals surface area contributed by atoms with Crippen molar-refractivity contribution in [3.8, 4) is 0 Å². The van der Waals surface area contributed by atoms with E-state index < -0.39 is 5.60 Å². The second-order valence-electron chi connectivity index (χ2n) is 6.40. The van der Waals surface area contributed by atoms with Gasteiger partial charge in [-0.25, -0.2) is 4.79 Å². The maximum atomic E-state index is 12.3. The highest BCUT2D eigenvalue weighted by molar-refractivity contribution is 5.68. The first-order chi connectivity index (χ1) is 8.97. The zero-order chi connectivity index (χ0) is 13.9. The highest BCUT2D eigenvalue weighted by Crippen LogP contribution is 2.25. The predicted octanol–water partition coefficient (Wildman–Crippen LogP) is 1.62. The number of carbonyl (C=O) groups excluding carboxylic acids is 1. The lowest BCUT2D eigenvalue weighted by Crippen LogP contribution is -2.58. The van der Waals surface area contributed by atoms with Crippen LogP contribution in [0.5, 0.6) is 0 Å². The van der Waals surface area contributed by atoms with Crippen molar-refractivity contribution in [2.45, 2.75) is 45.3 Å². The molecule has 0 aromatic carbocycles. The second-order valence-corrected chi connectivity index (χ2v) is 6.40. The summed E-state index contributed by atoms with van der Waals surface area (Å²) in [5.74, 6) is 0.522. The maximum absolute atomic E-state index is 12.3. The standard InChI is InChI=1S/C14H26N2O3/c1-14(2,3)19-13(17)16-7-6-15-10-12(16)11-4-8-18-9-5-11/h11-12,15H,4-10H2,1-3H3. The number of hydrogen-bond donors (Lipinski definition) is 1. The van der Waals surface area contributed by atoms with Gasteiger partial charge in [0.15, 0.2) is 0 Å². The zero-order valence-electron chi connectivity index (χ0n) is 12.3. The molecule has 110 valence electrons. The van der Waals surface area contributed by atoms with Crippen molar-refractivity contribution >= 4 is 6.09 Å². The van der Waals surface area contributed by atoms with Gasteiger partial charge in [-0.15, -0.1) is 0 Å². The molecule has 0 aliphatic carbocycles. The highest BCUT2D eigenvalue weighted by Gasteiger charge is 2.35. The van der Waals surface area contributed by atoms with Crippen LogP contribution in [-0.4, -0.2) is 55.5 Å². The third kappa shape index (κ3) is 4.08. The molecule has 0 saturated carbocycles. The molecule has 2 aliphatic heterocycles. The second kappa shape index (κ2) is 6.09. The SMILES string of the molecule is CC(C)(C)OC(=O)N1CCNCC1C1CCOCC1. The fourth-order valence-electron chi connectivity index (χ4n) is 2.79. The largest absolute Gasteiger partial charge is 0.444 e. The molecule has 0 bridgehead atoms. The average molecular weight is 270 g/mol. The molecule has 5 heteroatoms. The van der Waals surface area contributed by atoms with Crippen LogP contribution in [0.4, 0.5) is 4.79 Å². The fraction of sp³-hybridized carbons (Fsp3) is 0.929. The Balaban J connectivity index is 2.00. The molecule has 2 rings (SSSR count). The van der Waals surface area contributed by atoms with Crippen molar-refractivity contribution in [1.29, 1.82) is 0 Å². The van der Waals surface area contributed by atoms with Gasteiger partial charge in [-0.1, -0.05) is 0 Å². The molecule has 0 aromatic heterocycles. The Labute approximate surface area is 115 Å². The third-order valence-corrected chi connectivity index (χ3v) is 3.72. The number of carbonyl (C=O) groups is 1. The summed E-state index contributed by atoms with van der Waals surface area (Å²) in [6, 6.07) is 0.243. The van der Waals surface area contributed by atoms with Crippen LogP contribution in [0, 0.1) is 5.92 Å². The minimum absolute atomic E-state index is 0.175. The van der Waals surface area contributed by atoms with Gasteiger partial charge in [0.1, 0.15) is 5.60 Å². The van der Waals surface area contributed by atoms with E-state index in [1.54, 1.807) is 0 Å². The summed E-state index contributed by atoms with van der Waals surface area (Å²) in [7, 11) is 0. The minimum Gasteiger partial charge on any atom is -0.444 e. The smallest absolute Gasteiger partial charge is 0.410 e. The Morgan fingerprint density at radius 1 is 1.32 bits per heavy atom. The van der Waals surface area contributed by atoms with Crippen molar-refractivity contribution < 1.29 is 14.3 Å². The number of nitrogens with one attached hydrogen (secondary N) is 1. The molecule has 2 aliphatic rings. The summed E-state index contributed by atoms with van der Waals surface area (Å²) >= 11 is 0. The van der Waals surface area contributed by atoms with E-state index in [1.807, 2.05) is 25.7 Å². The molecule has 1 atom stereocenters. The van der Waals surface area contributed by atoms with Crippen molar-refractivity contribution in [2.75, 3.05) is 32.8 Å². The average Bonchev–Trinajstić information content (AvgIpc) is 2.38. The van der Waals surface area contributed by atoms with Gasteiger partial charge in [-0.05, 0) is 39.5 Å². The van der Waals surface area contributed by atoms with Crippen molar-refractivity contribution in [2.24, 2.45) is 5.92 Å². The molecular formula is C14H26N2O3. The zero-order valence-corrected chi connectivity index (χ0v) is 12.3. The first kappa shape index (κ1) is 14.6. The highest BCUT2D eigenvalue weighted by atomic mass is 16.6. The lowest BCUT2D eigenvalue weighted by atomic mass is 9.89. The predicted molar refractivity (Wildman–Crippen MR) is 73.1 cm³/mol. The summed E-state index contributed by atoms with van der Waals surface area (Å²) in [5.41, 5.74) is -0.428. The van der Waals surface area contributed by atoms with Gasteiger partial charge in [0.05, 0.1) is 6.04 Å². The van der Waals surface area contributed by atoms with E-state index in [0.717, 1.165) is 45.7 Å². The van der Waals surface area contributed by atoms with Crippen molar-refractivity contribution in [1.82, 2.24) is 10.2 Å². The van der Waals surface area contributed by atoms with Gasteiger partial charge >= 0.3 is 6.09 Å². The summed E-state index contributed by atoms with van der Waals surface area (Å²) in [6.45, 7) is 9.80. The Bertz CT molecular complexity index is 308. The molecule has 0 aromatic rings. The summed E-state index contributed by atoms with van der Waals surface area (Å²) in [6.07, 6.45) is 1.89. The van der Waals surface area contributed by atoms with E-state index in [4.69, 9.17) is 9.47 Å². The summed E-state index contributed by atoms with van der Waals surface area (Å²) in [4.78, 5) is 14.2. The molecule has 0 radical (unpaired) electrons. The number of hydrogen-bond acceptors (Lipinski definition) is 4. The molecule has 1 amide bonds. The van der Waals surface area contributed by atoms with Gasteiger partial charge in [-0.3, -0.25) is 0 Å². The molecule has 0 spiro atoms. The fourth-order valence-corrected chi connectivity index (χ4v) is 2.79. The van der Waals surface area contributed by atoms with Crippen LogP contribution in [0.15, 0.2) is 0 Å². The van der Waals surface area contributed by atoms with Gasteiger partial charge in [0, 0.05) is 32.8 Å². The van der Waals surface area contributed by atoms with Crippen LogP contribution in [0.25, 0.3) is 0 Å². The van der Waals surface area contributed by atoms with Crippen LogP contribution in [-0.2, 0) is 9.47 Å². The number of nitrogens with zero attached hydrogens (tertiary/aromatic N) is 1. The molecule has 19 heavy (non-hydrogen) atoms. The summed E-state index contributed by atoms with van der Waals surface area (Å²) in [5, 5.41) is 3.39. The van der Waals surface area contributed by atoms with Gasteiger partial charge in [0.2, 0.25) is 0 Å². The summed E-state index contributed by atoms with van der Waals surface area (Å²) < 4.78 is 10.9. The van der Waals surface area contributed by atoms with Gasteiger partial charge < -0.3 is 19.7 Å². The van der Waals surface area contributed by atoms with E-state index >= 15 is 0 Å². The lowest BCUT2D eigenvalue weighted by Gasteiger charge is -2.42. The Kier molecular flexibility index (Phi) is 4.68. The van der Waals surface area contributed by atoms with Gasteiger partial charge in [-0.2, -0.15) is 0 Å². The van der Waals surface area contributed by atoms with Crippen LogP contribution in [0.2, 0.25) is 0 Å². The molecule has 5 nitrogen and oxygen atoms in total. The molecular weight excluding hydrogens is 244 g/mol. The first-order valence-corrected chi connectivity index (χ1v) is 7.25. The Morgan fingerprint density at radius 2 is 2.00 bits per heavy atom. The van der Waals surface area contributed by atoms with Crippen molar-refractivity contribution in [3.05, 3.63) is 0 Å². The number of piperazine rings is 1. The van der Waals surface area contributed by atoms with Crippen LogP contribution >= 0.6 is 0 Å². The molecule has 2 heterocycles. The van der Waals surface area contributed by atoms with Crippen LogP contribution in [0.1, 0.15) is 33.6 Å². The lowest BCUT2D eigenvalue weighted by molar-refractivity contribution is -0.0128. The van der Waals surface area contributed by atoms with E-state index in [0.29, 0.717) is 5.92 Å². The molecule has 2 saturated heterocycles. The van der Waals surface area contributed by atoms with Gasteiger partial charge in [0.25, 0.3) is 0 Å². The topological polar surface area (TPSA) is 50.8 Å². The quantitative estimate of drug-likeness (QED) is 0.786. The Hall–Kier alpha value is -0.810. The number of ether oxygens (including phenoxy) is 2. The van der Waals surface area contributed by atoms with Crippen molar-refractivity contribution in [3.63, 3.8) is 0 Å². The van der Waals surface area contributed by atoms with Crippen LogP contribution in [0.3, 0.4) is 0 Å². The molecule has 2 fully saturated rings. The van der Waals surface area contributed by atoms with E-state index in [1.165, 1.54) is 0 Å². The molecule has 1 N–H and O–H groups in total.